The number of carbonyl (C=O) groups is 2. The van der Waals surface area contributed by atoms with E-state index in [1.165, 1.54) is 12.8 Å². The molecule has 1 aliphatic carbocycles. The van der Waals surface area contributed by atoms with Gasteiger partial charge in [-0.15, -0.1) is 0 Å². The van der Waals surface area contributed by atoms with E-state index in [2.05, 4.69) is 17.6 Å². The molecule has 3 rings (SSSR count). The maximum absolute atomic E-state index is 12.8. The monoisotopic (exact) mass is 373 g/mol. The predicted molar refractivity (Wildman–Crippen MR) is 106 cm³/mol. The summed E-state index contributed by atoms with van der Waals surface area (Å²) in [5.74, 6) is 0.379. The average molecular weight is 373 g/mol. The van der Waals surface area contributed by atoms with Gasteiger partial charge in [-0.05, 0) is 43.7 Å². The molecule has 1 aromatic rings. The fourth-order valence-electron chi connectivity index (χ4n) is 4.10. The van der Waals surface area contributed by atoms with Crippen molar-refractivity contribution >= 4 is 17.5 Å². The molecule has 0 radical (unpaired) electrons. The van der Waals surface area contributed by atoms with Crippen LogP contribution in [-0.4, -0.2) is 53.6 Å². The van der Waals surface area contributed by atoms with Gasteiger partial charge in [-0.25, -0.2) is 0 Å². The van der Waals surface area contributed by atoms with Crippen LogP contribution < -0.4 is 10.6 Å². The fourth-order valence-corrected chi connectivity index (χ4v) is 4.10. The highest BCUT2D eigenvalue weighted by molar-refractivity contribution is 6.00. The molecule has 3 unspecified atom stereocenters. The zero-order valence-corrected chi connectivity index (χ0v) is 16.1. The number of benzene rings is 1. The highest BCUT2D eigenvalue weighted by Gasteiger charge is 2.25. The van der Waals surface area contributed by atoms with Gasteiger partial charge >= 0.3 is 0 Å². The van der Waals surface area contributed by atoms with Crippen LogP contribution in [0.2, 0.25) is 0 Å². The van der Waals surface area contributed by atoms with E-state index in [4.69, 9.17) is 0 Å². The average Bonchev–Trinajstić information content (AvgIpc) is 2.68. The molecule has 0 spiro atoms. The number of β-amino-alcohol motifs (C(OH)–C–C–N with tert-alkyl or cyclic N) is 1. The Hall–Kier alpha value is -2.08. The van der Waals surface area contributed by atoms with Crippen LogP contribution >= 0.6 is 0 Å². The van der Waals surface area contributed by atoms with Crippen LogP contribution in [0.3, 0.4) is 0 Å². The maximum atomic E-state index is 12.8. The van der Waals surface area contributed by atoms with E-state index in [9.17, 15) is 14.7 Å². The second kappa shape index (κ2) is 9.22. The molecule has 2 aliphatic rings. The number of likely N-dealkylation sites (tertiary alicyclic amines) is 1. The summed E-state index contributed by atoms with van der Waals surface area (Å²) in [7, 11) is 0. The molecule has 1 heterocycles. The van der Waals surface area contributed by atoms with Gasteiger partial charge in [0.05, 0.1) is 18.2 Å². The quantitative estimate of drug-likeness (QED) is 0.740. The van der Waals surface area contributed by atoms with E-state index in [0.29, 0.717) is 30.3 Å². The smallest absolute Gasteiger partial charge is 0.256 e. The molecule has 6 nitrogen and oxygen atoms in total. The number of anilines is 1. The number of hydrogen-bond acceptors (Lipinski definition) is 4. The van der Waals surface area contributed by atoms with E-state index in [-0.39, 0.29) is 24.4 Å². The van der Waals surface area contributed by atoms with E-state index in [1.54, 1.807) is 11.0 Å². The molecule has 148 valence electrons. The Labute approximate surface area is 161 Å². The Kier molecular flexibility index (Phi) is 6.72. The molecule has 1 aliphatic heterocycles. The lowest BCUT2D eigenvalue weighted by Gasteiger charge is -2.31. The number of amides is 2. The lowest BCUT2D eigenvalue weighted by molar-refractivity contribution is -0.120. The Morgan fingerprint density at radius 1 is 1.15 bits per heavy atom. The molecule has 0 bridgehead atoms. The summed E-state index contributed by atoms with van der Waals surface area (Å²) in [4.78, 5) is 26.9. The van der Waals surface area contributed by atoms with Gasteiger partial charge in [0.25, 0.3) is 5.91 Å². The van der Waals surface area contributed by atoms with Crippen molar-refractivity contribution in [2.24, 2.45) is 5.92 Å². The molecular weight excluding hydrogens is 342 g/mol. The zero-order valence-electron chi connectivity index (χ0n) is 16.1. The van der Waals surface area contributed by atoms with Gasteiger partial charge in [-0.3, -0.25) is 9.59 Å². The highest BCUT2D eigenvalue weighted by atomic mass is 16.3. The largest absolute Gasteiger partial charge is 0.391 e. The summed E-state index contributed by atoms with van der Waals surface area (Å²) in [5.41, 5.74) is 1.21. The normalized spacial score (nSPS) is 25.7. The van der Waals surface area contributed by atoms with Crippen molar-refractivity contribution in [1.82, 2.24) is 10.2 Å². The molecule has 2 fully saturated rings. The Morgan fingerprint density at radius 2 is 1.93 bits per heavy atom. The van der Waals surface area contributed by atoms with Gasteiger partial charge in [0.15, 0.2) is 0 Å². The number of carbonyl (C=O) groups excluding carboxylic acids is 2. The molecule has 6 heteroatoms. The van der Waals surface area contributed by atoms with E-state index in [1.807, 2.05) is 18.2 Å². The van der Waals surface area contributed by atoms with Gasteiger partial charge in [0.1, 0.15) is 0 Å². The van der Waals surface area contributed by atoms with Gasteiger partial charge in [-0.2, -0.15) is 0 Å². The van der Waals surface area contributed by atoms with Crippen LogP contribution in [0.15, 0.2) is 24.3 Å². The standard InChI is InChI=1S/C21H31N3O3/c1-15-7-2-4-10-18(15)23-20(26)13-22-19-11-5-3-9-17(19)21(27)24-12-6-8-16(25)14-24/h3,5,9,11,15-16,18,22,25H,2,4,6-8,10,12-14H2,1H3,(H,23,26). The molecule has 1 saturated heterocycles. The summed E-state index contributed by atoms with van der Waals surface area (Å²) in [6.45, 7) is 3.37. The summed E-state index contributed by atoms with van der Waals surface area (Å²) in [5, 5.41) is 16.1. The van der Waals surface area contributed by atoms with Crippen molar-refractivity contribution in [1.29, 1.82) is 0 Å². The number of nitrogens with zero attached hydrogens (tertiary/aromatic N) is 1. The van der Waals surface area contributed by atoms with Crippen LogP contribution in [0.25, 0.3) is 0 Å². The third kappa shape index (κ3) is 5.22. The van der Waals surface area contributed by atoms with Crippen LogP contribution in [0, 0.1) is 5.92 Å². The molecule has 0 aromatic heterocycles. The van der Waals surface area contributed by atoms with E-state index < -0.39 is 6.10 Å². The molecule has 27 heavy (non-hydrogen) atoms. The number of aliphatic hydroxyl groups excluding tert-OH is 1. The predicted octanol–water partition coefficient (Wildman–Crippen LogP) is 2.39. The zero-order chi connectivity index (χ0) is 19.2. The second-order valence-electron chi connectivity index (χ2n) is 7.88. The number of aliphatic hydroxyl groups is 1. The third-order valence-electron chi connectivity index (χ3n) is 5.74. The minimum Gasteiger partial charge on any atom is -0.391 e. The van der Waals surface area contributed by atoms with Crippen LogP contribution in [0.5, 0.6) is 0 Å². The molecule has 3 N–H and O–H groups in total. The lowest BCUT2D eigenvalue weighted by atomic mass is 9.86. The Balaban J connectivity index is 1.58. The van der Waals surface area contributed by atoms with Gasteiger partial charge in [-0.1, -0.05) is 31.9 Å². The number of hydrogen-bond donors (Lipinski definition) is 3. The van der Waals surface area contributed by atoms with Crippen molar-refractivity contribution in [3.8, 4) is 0 Å². The van der Waals surface area contributed by atoms with Crippen molar-refractivity contribution < 1.29 is 14.7 Å². The number of rotatable bonds is 5. The van der Waals surface area contributed by atoms with Gasteiger partial charge < -0.3 is 20.6 Å². The molecule has 2 amide bonds. The molecule has 3 atom stereocenters. The molecular formula is C21H31N3O3. The van der Waals surface area contributed by atoms with E-state index in [0.717, 1.165) is 25.7 Å². The first-order valence-electron chi connectivity index (χ1n) is 10.1. The highest BCUT2D eigenvalue weighted by Crippen LogP contribution is 2.24. The topological polar surface area (TPSA) is 81.7 Å². The fraction of sp³-hybridized carbons (Fsp3) is 0.619. The van der Waals surface area contributed by atoms with Crippen molar-refractivity contribution in [2.75, 3.05) is 25.0 Å². The SMILES string of the molecule is CC1CCCCC1NC(=O)CNc1ccccc1C(=O)N1CCCC(O)C1. The van der Waals surface area contributed by atoms with Crippen molar-refractivity contribution in [3.05, 3.63) is 29.8 Å². The van der Waals surface area contributed by atoms with Crippen molar-refractivity contribution in [2.45, 2.75) is 57.6 Å². The summed E-state index contributed by atoms with van der Waals surface area (Å²) < 4.78 is 0. The van der Waals surface area contributed by atoms with Gasteiger partial charge in [0.2, 0.25) is 5.91 Å². The van der Waals surface area contributed by atoms with Crippen LogP contribution in [0.4, 0.5) is 5.69 Å². The van der Waals surface area contributed by atoms with Gasteiger partial charge in [0, 0.05) is 24.8 Å². The number of para-hydroxylation sites is 1. The lowest BCUT2D eigenvalue weighted by Crippen LogP contribution is -2.44. The first-order valence-corrected chi connectivity index (χ1v) is 10.1. The Morgan fingerprint density at radius 3 is 2.70 bits per heavy atom. The summed E-state index contributed by atoms with van der Waals surface area (Å²) in [6.07, 6.45) is 5.71. The third-order valence-corrected chi connectivity index (χ3v) is 5.74. The van der Waals surface area contributed by atoms with E-state index >= 15 is 0 Å². The first-order chi connectivity index (χ1) is 13.0. The second-order valence-corrected chi connectivity index (χ2v) is 7.88. The summed E-state index contributed by atoms with van der Waals surface area (Å²) in [6, 6.07) is 7.52. The van der Waals surface area contributed by atoms with Crippen LogP contribution in [0.1, 0.15) is 55.8 Å². The van der Waals surface area contributed by atoms with Crippen molar-refractivity contribution in [3.63, 3.8) is 0 Å². The first kappa shape index (κ1) is 19.7. The minimum absolute atomic E-state index is 0.0376. The summed E-state index contributed by atoms with van der Waals surface area (Å²) >= 11 is 0. The number of piperidine rings is 1. The molecule has 1 saturated carbocycles. The van der Waals surface area contributed by atoms with Crippen LogP contribution in [-0.2, 0) is 4.79 Å². The number of nitrogens with one attached hydrogen (secondary N) is 2. The Bertz CT molecular complexity index is 664. The minimum atomic E-state index is -0.453. The molecule has 1 aromatic carbocycles. The maximum Gasteiger partial charge on any atom is 0.256 e.